The molecule has 0 radical (unpaired) electrons. The molecule has 0 aliphatic heterocycles. The van der Waals surface area contributed by atoms with Crippen molar-refractivity contribution in [2.24, 2.45) is 0 Å². The van der Waals surface area contributed by atoms with Crippen LogP contribution in [0.25, 0.3) is 0 Å². The first-order valence-corrected chi connectivity index (χ1v) is 7.48. The molecule has 1 aromatic carbocycles. The standard InChI is InChI=1S/C15H23BrN2O/c1-4-8-18(10-9-17(2)3)12-15(19)13-6-5-7-14(16)11-13/h5-7,11H,4,8-10,12H2,1-3H3. The molecular weight excluding hydrogens is 304 g/mol. The van der Waals surface area contributed by atoms with Gasteiger partial charge in [-0.25, -0.2) is 0 Å². The molecular formula is C15H23BrN2O. The van der Waals surface area contributed by atoms with Crippen LogP contribution in [0.5, 0.6) is 0 Å². The second kappa shape index (κ2) is 8.46. The van der Waals surface area contributed by atoms with E-state index in [1.165, 1.54) is 0 Å². The van der Waals surface area contributed by atoms with Crippen molar-refractivity contribution in [3.63, 3.8) is 0 Å². The molecule has 1 aromatic rings. The highest BCUT2D eigenvalue weighted by Gasteiger charge is 2.12. The van der Waals surface area contributed by atoms with Crippen LogP contribution in [0.1, 0.15) is 23.7 Å². The van der Waals surface area contributed by atoms with Crippen LogP contribution in [0, 0.1) is 0 Å². The molecule has 0 aliphatic rings. The summed E-state index contributed by atoms with van der Waals surface area (Å²) in [5, 5.41) is 0. The number of Topliss-reactive ketones (excluding diaryl/α,β-unsaturated/α-hetero) is 1. The molecule has 4 heteroatoms. The molecule has 0 aromatic heterocycles. The van der Waals surface area contributed by atoms with Gasteiger partial charge in [-0.05, 0) is 39.2 Å². The molecule has 0 amide bonds. The van der Waals surface area contributed by atoms with Gasteiger partial charge >= 0.3 is 0 Å². The quantitative estimate of drug-likeness (QED) is 0.686. The minimum atomic E-state index is 0.188. The monoisotopic (exact) mass is 326 g/mol. The number of hydrogen-bond donors (Lipinski definition) is 0. The predicted octanol–water partition coefficient (Wildman–Crippen LogP) is 2.91. The van der Waals surface area contributed by atoms with Crippen molar-refractivity contribution in [2.45, 2.75) is 13.3 Å². The van der Waals surface area contributed by atoms with Crippen LogP contribution >= 0.6 is 15.9 Å². The number of carbonyl (C=O) groups is 1. The molecule has 0 aliphatic carbocycles. The van der Waals surface area contributed by atoms with Gasteiger partial charge in [0.2, 0.25) is 0 Å². The molecule has 3 nitrogen and oxygen atoms in total. The van der Waals surface area contributed by atoms with E-state index in [2.05, 4.69) is 46.7 Å². The SMILES string of the molecule is CCCN(CCN(C)C)CC(=O)c1cccc(Br)c1. The average molecular weight is 327 g/mol. The van der Waals surface area contributed by atoms with Crippen LogP contribution in [0.3, 0.4) is 0 Å². The molecule has 0 fully saturated rings. The zero-order valence-corrected chi connectivity index (χ0v) is 13.6. The maximum atomic E-state index is 12.3. The first-order chi connectivity index (χ1) is 9.02. The van der Waals surface area contributed by atoms with Gasteiger partial charge in [0.1, 0.15) is 0 Å². The molecule has 19 heavy (non-hydrogen) atoms. The van der Waals surface area contributed by atoms with Crippen LogP contribution in [-0.4, -0.2) is 55.9 Å². The number of likely N-dealkylation sites (N-methyl/N-ethyl adjacent to an activating group) is 1. The molecule has 0 N–H and O–H groups in total. The van der Waals surface area contributed by atoms with Gasteiger partial charge in [-0.1, -0.05) is 35.0 Å². The summed E-state index contributed by atoms with van der Waals surface area (Å²) in [6.45, 7) is 5.52. The van der Waals surface area contributed by atoms with E-state index in [1.807, 2.05) is 24.3 Å². The van der Waals surface area contributed by atoms with E-state index in [-0.39, 0.29) is 5.78 Å². The van der Waals surface area contributed by atoms with Crippen LogP contribution in [0.4, 0.5) is 0 Å². The first-order valence-electron chi connectivity index (χ1n) is 6.68. The van der Waals surface area contributed by atoms with Gasteiger partial charge in [-0.3, -0.25) is 9.69 Å². The third kappa shape index (κ3) is 6.32. The summed E-state index contributed by atoms with van der Waals surface area (Å²) in [5.74, 6) is 0.188. The Morgan fingerprint density at radius 3 is 2.53 bits per heavy atom. The topological polar surface area (TPSA) is 23.6 Å². The van der Waals surface area contributed by atoms with Crippen molar-refractivity contribution < 1.29 is 4.79 Å². The van der Waals surface area contributed by atoms with Crippen molar-refractivity contribution in [1.29, 1.82) is 0 Å². The fourth-order valence-corrected chi connectivity index (χ4v) is 2.28. The summed E-state index contributed by atoms with van der Waals surface area (Å²) in [4.78, 5) is 16.6. The zero-order valence-electron chi connectivity index (χ0n) is 12.0. The second-order valence-corrected chi connectivity index (χ2v) is 5.93. The van der Waals surface area contributed by atoms with Crippen molar-refractivity contribution in [3.05, 3.63) is 34.3 Å². The summed E-state index contributed by atoms with van der Waals surface area (Å²) < 4.78 is 0.952. The first kappa shape index (κ1) is 16.3. The lowest BCUT2D eigenvalue weighted by molar-refractivity contribution is 0.0925. The summed E-state index contributed by atoms with van der Waals surface area (Å²) in [7, 11) is 4.11. The van der Waals surface area contributed by atoms with Gasteiger partial charge < -0.3 is 4.90 Å². The van der Waals surface area contributed by atoms with Crippen molar-refractivity contribution >= 4 is 21.7 Å². The van der Waals surface area contributed by atoms with Crippen molar-refractivity contribution in [3.8, 4) is 0 Å². The van der Waals surface area contributed by atoms with Crippen LogP contribution in [0.2, 0.25) is 0 Å². The highest BCUT2D eigenvalue weighted by molar-refractivity contribution is 9.10. The third-order valence-corrected chi connectivity index (χ3v) is 3.41. The molecule has 0 spiro atoms. The number of halogens is 1. The minimum absolute atomic E-state index is 0.188. The van der Waals surface area contributed by atoms with Crippen molar-refractivity contribution in [1.82, 2.24) is 9.80 Å². The van der Waals surface area contributed by atoms with E-state index in [4.69, 9.17) is 0 Å². The fourth-order valence-electron chi connectivity index (χ4n) is 1.88. The lowest BCUT2D eigenvalue weighted by Crippen LogP contribution is -2.36. The normalized spacial score (nSPS) is 11.3. The number of benzene rings is 1. The molecule has 0 saturated carbocycles. The average Bonchev–Trinajstić information content (AvgIpc) is 2.36. The summed E-state index contributed by atoms with van der Waals surface area (Å²) in [5.41, 5.74) is 0.778. The van der Waals surface area contributed by atoms with Crippen LogP contribution in [0.15, 0.2) is 28.7 Å². The highest BCUT2D eigenvalue weighted by Crippen LogP contribution is 2.12. The van der Waals surface area contributed by atoms with E-state index in [9.17, 15) is 4.79 Å². The van der Waals surface area contributed by atoms with Gasteiger partial charge in [0, 0.05) is 23.1 Å². The van der Waals surface area contributed by atoms with Gasteiger partial charge in [0.05, 0.1) is 6.54 Å². The largest absolute Gasteiger partial charge is 0.308 e. The summed E-state index contributed by atoms with van der Waals surface area (Å²) >= 11 is 3.40. The number of nitrogens with zero attached hydrogens (tertiary/aromatic N) is 2. The van der Waals surface area contributed by atoms with Crippen LogP contribution < -0.4 is 0 Å². The van der Waals surface area contributed by atoms with E-state index in [0.29, 0.717) is 6.54 Å². The van der Waals surface area contributed by atoms with E-state index >= 15 is 0 Å². The Labute approximate surface area is 124 Å². The lowest BCUT2D eigenvalue weighted by atomic mass is 10.1. The maximum Gasteiger partial charge on any atom is 0.176 e. The Hall–Kier alpha value is -0.710. The number of hydrogen-bond acceptors (Lipinski definition) is 3. The minimum Gasteiger partial charge on any atom is -0.308 e. The van der Waals surface area contributed by atoms with Gasteiger partial charge in [-0.2, -0.15) is 0 Å². The van der Waals surface area contributed by atoms with Gasteiger partial charge in [0.15, 0.2) is 5.78 Å². The van der Waals surface area contributed by atoms with Crippen LogP contribution in [-0.2, 0) is 0 Å². The molecule has 0 heterocycles. The Bertz CT molecular complexity index is 407. The molecule has 1 rings (SSSR count). The third-order valence-electron chi connectivity index (χ3n) is 2.92. The highest BCUT2D eigenvalue weighted by atomic mass is 79.9. The van der Waals surface area contributed by atoms with Crippen molar-refractivity contribution in [2.75, 3.05) is 40.3 Å². The van der Waals surface area contributed by atoms with Gasteiger partial charge in [0.25, 0.3) is 0 Å². The smallest absolute Gasteiger partial charge is 0.176 e. The Morgan fingerprint density at radius 2 is 1.95 bits per heavy atom. The number of carbonyl (C=O) groups excluding carboxylic acids is 1. The molecule has 0 bridgehead atoms. The molecule has 106 valence electrons. The van der Waals surface area contributed by atoms with E-state index < -0.39 is 0 Å². The van der Waals surface area contributed by atoms with E-state index in [1.54, 1.807) is 0 Å². The number of rotatable bonds is 8. The molecule has 0 unspecified atom stereocenters. The van der Waals surface area contributed by atoms with Gasteiger partial charge in [-0.15, -0.1) is 0 Å². The Morgan fingerprint density at radius 1 is 1.21 bits per heavy atom. The molecule has 0 atom stereocenters. The number of ketones is 1. The zero-order chi connectivity index (χ0) is 14.3. The fraction of sp³-hybridized carbons (Fsp3) is 0.533. The second-order valence-electron chi connectivity index (χ2n) is 5.01. The summed E-state index contributed by atoms with van der Waals surface area (Å²) in [6.07, 6.45) is 1.07. The van der Waals surface area contributed by atoms with E-state index in [0.717, 1.165) is 36.1 Å². The Balaban J connectivity index is 2.60. The predicted molar refractivity (Wildman–Crippen MR) is 83.8 cm³/mol. The maximum absolute atomic E-state index is 12.3. The Kier molecular flexibility index (Phi) is 7.28. The molecule has 0 saturated heterocycles. The summed E-state index contributed by atoms with van der Waals surface area (Å²) in [6, 6.07) is 7.61. The lowest BCUT2D eigenvalue weighted by Gasteiger charge is -2.22.